The van der Waals surface area contributed by atoms with Gasteiger partial charge in [0.2, 0.25) is 17.7 Å². The van der Waals surface area contributed by atoms with Crippen molar-refractivity contribution in [2.75, 3.05) is 13.1 Å². The third kappa shape index (κ3) is 10.6. The Labute approximate surface area is 201 Å². The van der Waals surface area contributed by atoms with Crippen molar-refractivity contribution in [1.29, 1.82) is 0 Å². The highest BCUT2D eigenvalue weighted by Crippen LogP contribution is 2.25. The van der Waals surface area contributed by atoms with E-state index in [4.69, 9.17) is 0 Å². The average molecular weight is 475 g/mol. The summed E-state index contributed by atoms with van der Waals surface area (Å²) in [7, 11) is 0. The van der Waals surface area contributed by atoms with E-state index >= 15 is 0 Å². The van der Waals surface area contributed by atoms with Crippen LogP contribution in [0.15, 0.2) is 36.4 Å². The molecule has 0 unspecified atom stereocenters. The van der Waals surface area contributed by atoms with Crippen molar-refractivity contribution in [2.45, 2.75) is 47.5 Å². The second-order valence-electron chi connectivity index (χ2n) is 9.15. The van der Waals surface area contributed by atoms with E-state index in [9.17, 15) is 24.4 Å². The lowest BCUT2D eigenvalue weighted by molar-refractivity contribution is -0.147. The van der Waals surface area contributed by atoms with Gasteiger partial charge in [0, 0.05) is 13.5 Å². The number of hydrogen-bond acceptors (Lipinski definition) is 5. The van der Waals surface area contributed by atoms with Crippen LogP contribution < -0.4 is 16.2 Å². The molecule has 0 aliphatic rings. The van der Waals surface area contributed by atoms with Crippen LogP contribution in [0.1, 0.15) is 53.0 Å². The number of carbonyl (C=O) groups is 4. The molecule has 0 fully saturated rings. The molecule has 188 valence electrons. The van der Waals surface area contributed by atoms with E-state index < -0.39 is 29.6 Å². The van der Waals surface area contributed by atoms with Gasteiger partial charge >= 0.3 is 0 Å². The molecule has 0 spiro atoms. The smallest absolute Gasteiger partial charge is 0.260 e. The fourth-order valence-electron chi connectivity index (χ4n) is 3.50. The highest BCUT2D eigenvalue weighted by atomic mass is 16.5. The molecule has 0 aromatic heterocycles. The van der Waals surface area contributed by atoms with Crippen LogP contribution in [0.2, 0.25) is 0 Å². The predicted molar refractivity (Wildman–Crippen MR) is 130 cm³/mol. The van der Waals surface area contributed by atoms with Gasteiger partial charge in [-0.1, -0.05) is 70.2 Å². The number of hydrazine groups is 1. The monoisotopic (exact) mass is 474 g/mol. The van der Waals surface area contributed by atoms with Gasteiger partial charge in [-0.25, -0.2) is 5.48 Å². The van der Waals surface area contributed by atoms with E-state index in [1.807, 2.05) is 64.1 Å². The summed E-state index contributed by atoms with van der Waals surface area (Å²) in [6, 6.07) is 9.53. The molecule has 9 nitrogen and oxygen atoms in total. The average Bonchev–Trinajstić information content (AvgIpc) is 2.78. The maximum atomic E-state index is 13.3. The second-order valence-corrected chi connectivity index (χ2v) is 9.15. The third-order valence-electron chi connectivity index (χ3n) is 5.08. The van der Waals surface area contributed by atoms with Crippen molar-refractivity contribution in [3.05, 3.63) is 42.0 Å². The number of carbonyl (C=O) groups excluding carboxylic acids is 4. The summed E-state index contributed by atoms with van der Waals surface area (Å²) in [6.07, 6.45) is 4.24. The van der Waals surface area contributed by atoms with Crippen LogP contribution in [0.4, 0.5) is 0 Å². The fourth-order valence-corrected chi connectivity index (χ4v) is 3.50. The molecule has 0 bridgehead atoms. The van der Waals surface area contributed by atoms with E-state index in [0.29, 0.717) is 6.42 Å². The number of hydrogen-bond donors (Lipinski definition) is 4. The lowest BCUT2D eigenvalue weighted by atomic mass is 9.82. The Hall–Kier alpha value is -3.20. The summed E-state index contributed by atoms with van der Waals surface area (Å²) < 4.78 is 0. The zero-order valence-corrected chi connectivity index (χ0v) is 20.7. The first-order chi connectivity index (χ1) is 16.0. The standard InChI is InChI=1S/C25H38N4O5/c1-17(2)14-22(21(25(33)28-34)13-9-12-20-10-7-6-8-11-20)24(32)27-29(16-18(3)4)23(31)15-26-19(5)30/h6-12,17-18,21-22,34H,13-16H2,1-5H3,(H,26,30)(H,27,32)(H,28,33)/t21-,22+/m0/s1. The first-order valence-corrected chi connectivity index (χ1v) is 11.6. The van der Waals surface area contributed by atoms with Crippen LogP contribution in [-0.4, -0.2) is 46.9 Å². The van der Waals surface area contributed by atoms with Crippen LogP contribution in [0, 0.1) is 23.7 Å². The lowest BCUT2D eigenvalue weighted by Gasteiger charge is -2.30. The number of amides is 4. The number of nitrogens with one attached hydrogen (secondary N) is 3. The number of rotatable bonds is 12. The van der Waals surface area contributed by atoms with Gasteiger partial charge in [-0.05, 0) is 30.2 Å². The summed E-state index contributed by atoms with van der Waals surface area (Å²) in [5.74, 6) is -3.49. The summed E-state index contributed by atoms with van der Waals surface area (Å²) >= 11 is 0. The zero-order valence-electron chi connectivity index (χ0n) is 20.7. The van der Waals surface area contributed by atoms with Gasteiger partial charge < -0.3 is 5.32 Å². The molecule has 0 aliphatic carbocycles. The van der Waals surface area contributed by atoms with Gasteiger partial charge in [-0.2, -0.15) is 0 Å². The molecule has 0 radical (unpaired) electrons. The van der Waals surface area contributed by atoms with Gasteiger partial charge in [0.15, 0.2) is 0 Å². The van der Waals surface area contributed by atoms with Gasteiger partial charge in [-0.15, -0.1) is 0 Å². The first kappa shape index (κ1) is 28.8. The van der Waals surface area contributed by atoms with E-state index in [2.05, 4.69) is 10.7 Å². The molecule has 4 amide bonds. The molecular weight excluding hydrogens is 436 g/mol. The minimum Gasteiger partial charge on any atom is -0.347 e. The Balaban J connectivity index is 3.11. The first-order valence-electron chi connectivity index (χ1n) is 11.6. The molecule has 4 N–H and O–H groups in total. The molecule has 0 saturated heterocycles. The normalized spacial score (nSPS) is 12.9. The Bertz CT molecular complexity index is 839. The lowest BCUT2D eigenvalue weighted by Crippen LogP contribution is -2.54. The third-order valence-corrected chi connectivity index (χ3v) is 5.08. The van der Waals surface area contributed by atoms with E-state index in [1.165, 1.54) is 11.9 Å². The van der Waals surface area contributed by atoms with Crippen LogP contribution in [0.25, 0.3) is 6.08 Å². The van der Waals surface area contributed by atoms with Crippen LogP contribution in [-0.2, 0) is 19.2 Å². The molecular formula is C25H38N4O5. The number of benzene rings is 1. The molecule has 2 atom stereocenters. The van der Waals surface area contributed by atoms with Crippen molar-refractivity contribution in [1.82, 2.24) is 21.2 Å². The summed E-state index contributed by atoms with van der Waals surface area (Å²) in [6.45, 7) is 8.95. The van der Waals surface area contributed by atoms with Crippen LogP contribution in [0.3, 0.4) is 0 Å². The molecule has 1 aromatic carbocycles. The van der Waals surface area contributed by atoms with Gasteiger partial charge in [0.1, 0.15) is 0 Å². The van der Waals surface area contributed by atoms with Crippen molar-refractivity contribution in [3.63, 3.8) is 0 Å². The minimum absolute atomic E-state index is 0.0514. The van der Waals surface area contributed by atoms with Crippen molar-refractivity contribution < 1.29 is 24.4 Å². The Morgan fingerprint density at radius 1 is 0.971 bits per heavy atom. The van der Waals surface area contributed by atoms with Crippen LogP contribution >= 0.6 is 0 Å². The highest BCUT2D eigenvalue weighted by molar-refractivity contribution is 5.90. The fraction of sp³-hybridized carbons (Fsp3) is 0.520. The van der Waals surface area contributed by atoms with Crippen LogP contribution in [0.5, 0.6) is 0 Å². The molecule has 34 heavy (non-hydrogen) atoms. The topological polar surface area (TPSA) is 128 Å². The molecule has 0 heterocycles. The van der Waals surface area contributed by atoms with Crippen molar-refractivity contribution in [3.8, 4) is 0 Å². The SMILES string of the molecule is CC(=O)NCC(=O)N(CC(C)C)NC(=O)[C@H](CC(C)C)[C@H](CC=Cc1ccccc1)C(=O)NO. The maximum Gasteiger partial charge on any atom is 0.260 e. The summed E-state index contributed by atoms with van der Waals surface area (Å²) in [5.41, 5.74) is 5.28. The Kier molecular flexibility index (Phi) is 12.6. The van der Waals surface area contributed by atoms with Crippen molar-refractivity contribution in [2.24, 2.45) is 23.7 Å². The van der Waals surface area contributed by atoms with E-state index in [-0.39, 0.29) is 37.3 Å². The Morgan fingerprint density at radius 3 is 2.15 bits per heavy atom. The molecule has 9 heteroatoms. The molecule has 1 rings (SSSR count). The van der Waals surface area contributed by atoms with Gasteiger partial charge in [-0.3, -0.25) is 34.8 Å². The molecule has 0 saturated carbocycles. The van der Waals surface area contributed by atoms with Crippen molar-refractivity contribution >= 4 is 29.7 Å². The van der Waals surface area contributed by atoms with E-state index in [1.54, 1.807) is 11.6 Å². The predicted octanol–water partition coefficient (Wildman–Crippen LogP) is 2.53. The van der Waals surface area contributed by atoms with E-state index in [0.717, 1.165) is 5.56 Å². The largest absolute Gasteiger partial charge is 0.347 e. The zero-order chi connectivity index (χ0) is 25.7. The second kappa shape index (κ2) is 14.8. The summed E-state index contributed by atoms with van der Waals surface area (Å²) in [5, 5.41) is 13.0. The minimum atomic E-state index is -0.848. The number of nitrogens with zero attached hydrogens (tertiary/aromatic N) is 1. The highest BCUT2D eigenvalue weighted by Gasteiger charge is 2.35. The number of allylic oxidation sites excluding steroid dienone is 1. The molecule has 1 aromatic rings. The van der Waals surface area contributed by atoms with Gasteiger partial charge in [0.25, 0.3) is 5.91 Å². The number of hydroxylamine groups is 1. The van der Waals surface area contributed by atoms with Gasteiger partial charge in [0.05, 0.1) is 18.4 Å². The summed E-state index contributed by atoms with van der Waals surface area (Å²) in [4.78, 5) is 49.7. The maximum absolute atomic E-state index is 13.3. The Morgan fingerprint density at radius 2 is 1.62 bits per heavy atom. The molecule has 0 aliphatic heterocycles. The quantitative estimate of drug-likeness (QED) is 0.273.